The first kappa shape index (κ1) is 9.00. The Kier molecular flexibility index (Phi) is 1.88. The van der Waals surface area contributed by atoms with Gasteiger partial charge in [-0.3, -0.25) is 4.79 Å². The largest absolute Gasteiger partial charge is 0.466 e. The molecule has 1 heterocycles. The van der Waals surface area contributed by atoms with Crippen molar-refractivity contribution in [1.29, 1.82) is 0 Å². The van der Waals surface area contributed by atoms with Gasteiger partial charge < -0.3 is 9.47 Å². The summed E-state index contributed by atoms with van der Waals surface area (Å²) in [4.78, 5) is 11.5. The second kappa shape index (κ2) is 2.71. The average Bonchev–Trinajstić information content (AvgIpc) is 1.95. The lowest BCUT2D eigenvalue weighted by molar-refractivity contribution is -0.219. The summed E-state index contributed by atoms with van der Waals surface area (Å²) in [6.45, 7) is 6.00. The second-order valence-electron chi connectivity index (χ2n) is 4.63. The molecule has 1 saturated heterocycles. The van der Waals surface area contributed by atoms with Crippen LogP contribution in [-0.4, -0.2) is 25.8 Å². The number of hydrogen-bond acceptors (Lipinski definition) is 3. The first-order valence-electron chi connectivity index (χ1n) is 4.85. The Hall–Kier alpha value is -0.570. The van der Waals surface area contributed by atoms with E-state index in [2.05, 4.69) is 0 Å². The van der Waals surface area contributed by atoms with E-state index >= 15 is 0 Å². The number of hydrogen-bond donors (Lipinski definition) is 0. The van der Waals surface area contributed by atoms with Gasteiger partial charge in [0.1, 0.15) is 0 Å². The van der Waals surface area contributed by atoms with Crippen LogP contribution in [0.1, 0.15) is 26.7 Å². The van der Waals surface area contributed by atoms with Gasteiger partial charge in [-0.05, 0) is 26.7 Å². The summed E-state index contributed by atoms with van der Waals surface area (Å²) in [7, 11) is 0. The molecule has 3 heteroatoms. The molecule has 1 aliphatic carbocycles. The van der Waals surface area contributed by atoms with Crippen LogP contribution in [0.4, 0.5) is 0 Å². The van der Waals surface area contributed by atoms with Crippen molar-refractivity contribution in [1.82, 2.24) is 0 Å². The van der Waals surface area contributed by atoms with Gasteiger partial charge in [-0.1, -0.05) is 0 Å². The van der Waals surface area contributed by atoms with E-state index in [0.29, 0.717) is 12.0 Å². The third-order valence-electron chi connectivity index (χ3n) is 3.12. The molecule has 2 aliphatic rings. The number of ether oxygens (including phenoxy) is 2. The number of carbonyl (C=O) groups is 1. The lowest BCUT2D eigenvalue weighted by Gasteiger charge is -2.57. The van der Waals surface area contributed by atoms with Crippen LogP contribution in [0.5, 0.6) is 0 Å². The minimum atomic E-state index is -0.222. The standard InChI is InChI=1S/C10H16O3/c1-3-13-8(11)9(2)4-10(5-9)6-12-7-10/h3-7H2,1-2H3. The Morgan fingerprint density at radius 2 is 2.08 bits per heavy atom. The average molecular weight is 184 g/mol. The van der Waals surface area contributed by atoms with Crippen LogP contribution in [0.25, 0.3) is 0 Å². The molecule has 0 aromatic rings. The molecule has 0 N–H and O–H groups in total. The first-order valence-corrected chi connectivity index (χ1v) is 4.85. The topological polar surface area (TPSA) is 35.5 Å². The van der Waals surface area contributed by atoms with Gasteiger partial charge in [0.15, 0.2) is 0 Å². The van der Waals surface area contributed by atoms with Crippen LogP contribution in [0, 0.1) is 10.8 Å². The molecule has 1 saturated carbocycles. The molecule has 0 bridgehead atoms. The zero-order valence-corrected chi connectivity index (χ0v) is 8.26. The lowest BCUT2D eigenvalue weighted by atomic mass is 9.52. The maximum Gasteiger partial charge on any atom is 0.311 e. The van der Waals surface area contributed by atoms with E-state index in [9.17, 15) is 4.79 Å². The van der Waals surface area contributed by atoms with Gasteiger partial charge in [0, 0.05) is 5.41 Å². The molecular weight excluding hydrogens is 168 g/mol. The third-order valence-corrected chi connectivity index (χ3v) is 3.12. The maximum absolute atomic E-state index is 11.5. The quantitative estimate of drug-likeness (QED) is 0.608. The van der Waals surface area contributed by atoms with E-state index < -0.39 is 0 Å². The van der Waals surface area contributed by atoms with Crippen molar-refractivity contribution in [2.45, 2.75) is 26.7 Å². The smallest absolute Gasteiger partial charge is 0.311 e. The maximum atomic E-state index is 11.5. The van der Waals surface area contributed by atoms with Crippen molar-refractivity contribution in [2.75, 3.05) is 19.8 Å². The van der Waals surface area contributed by atoms with E-state index in [4.69, 9.17) is 9.47 Å². The van der Waals surface area contributed by atoms with Crippen LogP contribution in [-0.2, 0) is 14.3 Å². The summed E-state index contributed by atoms with van der Waals surface area (Å²) in [6, 6.07) is 0. The van der Waals surface area contributed by atoms with Gasteiger partial charge in [0.25, 0.3) is 0 Å². The van der Waals surface area contributed by atoms with Crippen LogP contribution in [0.3, 0.4) is 0 Å². The van der Waals surface area contributed by atoms with Crippen LogP contribution in [0.15, 0.2) is 0 Å². The zero-order chi connectivity index (χ0) is 9.53. The SMILES string of the molecule is CCOC(=O)C1(C)CC2(COC2)C1. The lowest BCUT2D eigenvalue weighted by Crippen LogP contribution is -2.59. The Labute approximate surface area is 78.4 Å². The number of rotatable bonds is 2. The van der Waals surface area contributed by atoms with Gasteiger partial charge in [-0.15, -0.1) is 0 Å². The molecule has 13 heavy (non-hydrogen) atoms. The molecule has 0 radical (unpaired) electrons. The predicted molar refractivity (Wildman–Crippen MR) is 47.2 cm³/mol. The fraction of sp³-hybridized carbons (Fsp3) is 0.900. The Bertz CT molecular complexity index is 222. The van der Waals surface area contributed by atoms with Crippen molar-refractivity contribution in [3.63, 3.8) is 0 Å². The van der Waals surface area contributed by atoms with E-state index in [1.165, 1.54) is 0 Å². The Balaban J connectivity index is 1.90. The number of esters is 1. The summed E-state index contributed by atoms with van der Waals surface area (Å²) in [5.74, 6) is -0.0347. The van der Waals surface area contributed by atoms with Gasteiger partial charge in [0.2, 0.25) is 0 Å². The molecule has 0 amide bonds. The molecule has 1 spiro atoms. The molecular formula is C10H16O3. The van der Waals surface area contributed by atoms with Crippen molar-refractivity contribution in [2.24, 2.45) is 10.8 Å². The molecule has 0 aromatic carbocycles. The van der Waals surface area contributed by atoms with E-state index in [1.807, 2.05) is 13.8 Å². The molecule has 1 aliphatic heterocycles. The normalized spacial score (nSPS) is 27.5. The molecule has 2 rings (SSSR count). The van der Waals surface area contributed by atoms with Gasteiger partial charge in [-0.25, -0.2) is 0 Å². The van der Waals surface area contributed by atoms with Crippen molar-refractivity contribution in [3.8, 4) is 0 Å². The van der Waals surface area contributed by atoms with Crippen molar-refractivity contribution >= 4 is 5.97 Å². The molecule has 0 aromatic heterocycles. The first-order chi connectivity index (χ1) is 6.10. The van der Waals surface area contributed by atoms with Crippen LogP contribution >= 0.6 is 0 Å². The second-order valence-corrected chi connectivity index (χ2v) is 4.63. The highest BCUT2D eigenvalue weighted by Gasteiger charge is 2.60. The van der Waals surface area contributed by atoms with E-state index in [0.717, 1.165) is 26.1 Å². The predicted octanol–water partition coefficient (Wildman–Crippen LogP) is 1.37. The fourth-order valence-corrected chi connectivity index (χ4v) is 2.65. The minimum absolute atomic E-state index is 0.0347. The Morgan fingerprint density at radius 3 is 2.46 bits per heavy atom. The highest BCUT2D eigenvalue weighted by molar-refractivity contribution is 5.78. The molecule has 0 unspecified atom stereocenters. The van der Waals surface area contributed by atoms with Gasteiger partial charge in [0.05, 0.1) is 25.2 Å². The number of carbonyl (C=O) groups excluding carboxylic acids is 1. The Morgan fingerprint density at radius 1 is 1.46 bits per heavy atom. The highest BCUT2D eigenvalue weighted by atomic mass is 16.5. The summed E-state index contributed by atoms with van der Waals surface area (Å²) < 4.78 is 10.2. The molecule has 74 valence electrons. The summed E-state index contributed by atoms with van der Waals surface area (Å²) in [5.41, 5.74) is 0.112. The fourth-order valence-electron chi connectivity index (χ4n) is 2.65. The van der Waals surface area contributed by atoms with Crippen LogP contribution < -0.4 is 0 Å². The third kappa shape index (κ3) is 1.26. The minimum Gasteiger partial charge on any atom is -0.466 e. The highest BCUT2D eigenvalue weighted by Crippen LogP contribution is 2.58. The van der Waals surface area contributed by atoms with Crippen LogP contribution in [0.2, 0.25) is 0 Å². The van der Waals surface area contributed by atoms with Crippen molar-refractivity contribution in [3.05, 3.63) is 0 Å². The monoisotopic (exact) mass is 184 g/mol. The summed E-state index contributed by atoms with van der Waals surface area (Å²) in [5, 5.41) is 0. The molecule has 3 nitrogen and oxygen atoms in total. The summed E-state index contributed by atoms with van der Waals surface area (Å²) in [6.07, 6.45) is 1.89. The van der Waals surface area contributed by atoms with Gasteiger partial charge >= 0.3 is 5.97 Å². The molecule has 0 atom stereocenters. The van der Waals surface area contributed by atoms with Gasteiger partial charge in [-0.2, -0.15) is 0 Å². The van der Waals surface area contributed by atoms with E-state index in [1.54, 1.807) is 0 Å². The zero-order valence-electron chi connectivity index (χ0n) is 8.26. The van der Waals surface area contributed by atoms with Crippen molar-refractivity contribution < 1.29 is 14.3 Å². The van der Waals surface area contributed by atoms with E-state index in [-0.39, 0.29) is 11.4 Å². The summed E-state index contributed by atoms with van der Waals surface area (Å²) >= 11 is 0. The molecule has 2 fully saturated rings.